The van der Waals surface area contributed by atoms with Crippen molar-refractivity contribution in [3.8, 4) is 0 Å². The summed E-state index contributed by atoms with van der Waals surface area (Å²) in [4.78, 5) is 18.2. The fourth-order valence-corrected chi connectivity index (χ4v) is 50.4. The Bertz CT molecular complexity index is 1640. The predicted octanol–water partition coefficient (Wildman–Crippen LogP) is 0.419. The van der Waals surface area contributed by atoms with Crippen molar-refractivity contribution in [2.24, 2.45) is 0 Å². The van der Waals surface area contributed by atoms with Crippen molar-refractivity contribution in [1.82, 2.24) is 9.97 Å². The minimum atomic E-state index is -0.470. The van der Waals surface area contributed by atoms with E-state index in [4.69, 9.17) is 27.5 Å². The topological polar surface area (TPSA) is 75.1 Å². The fraction of sp³-hybridized carbons (Fsp3) is 0.444. The van der Waals surface area contributed by atoms with Gasteiger partial charge in [0.15, 0.2) is 6.29 Å². The Morgan fingerprint density at radius 3 is 1.28 bits per heavy atom. The van der Waals surface area contributed by atoms with E-state index in [0.717, 1.165) is 0 Å². The van der Waals surface area contributed by atoms with Crippen LogP contribution in [0.25, 0.3) is 0 Å². The van der Waals surface area contributed by atoms with Gasteiger partial charge in [-0.15, -0.1) is 0 Å². The Kier molecular flexibility index (Phi) is 32.6. The molecule has 0 atom stereocenters. The van der Waals surface area contributed by atoms with Gasteiger partial charge in [-0.25, -0.2) is 9.97 Å². The highest BCUT2D eigenvalue weighted by atomic mass is 33.5. The van der Waals surface area contributed by atoms with E-state index in [-0.39, 0.29) is 6.61 Å². The van der Waals surface area contributed by atoms with E-state index in [9.17, 15) is 4.79 Å². The summed E-state index contributed by atoms with van der Waals surface area (Å²) in [5.41, 5.74) is -0.0414. The third kappa shape index (κ3) is 27.5. The van der Waals surface area contributed by atoms with E-state index in [1.807, 2.05) is 13.8 Å². The van der Waals surface area contributed by atoms with Crippen LogP contribution in [0.1, 0.15) is 24.2 Å². The van der Waals surface area contributed by atoms with E-state index in [2.05, 4.69) is 15.3 Å². The third-order valence-corrected chi connectivity index (χ3v) is 44.4. The van der Waals surface area contributed by atoms with Gasteiger partial charge in [-0.1, -0.05) is 0 Å². The second kappa shape index (κ2) is 29.8. The van der Waals surface area contributed by atoms with Gasteiger partial charge in [0, 0.05) is 212 Å². The zero-order valence-electron chi connectivity index (χ0n) is 17.2. The Balaban J connectivity index is 0.000000748. The van der Waals surface area contributed by atoms with Crippen molar-refractivity contribution in [3.63, 3.8) is 0 Å². The molecule has 0 aliphatic carbocycles. The maximum atomic E-state index is 10.3. The van der Waals surface area contributed by atoms with Crippen LogP contribution in [-0.2, 0) is 200 Å². The molecule has 27 heteroatoms. The predicted molar refractivity (Wildman–Crippen MR) is 214 cm³/mol. The highest BCUT2D eigenvalue weighted by Crippen LogP contribution is 2.08. The van der Waals surface area contributed by atoms with Crippen LogP contribution in [0.3, 0.4) is 0 Å². The van der Waals surface area contributed by atoms with Crippen LogP contribution in [0.5, 0.6) is 0 Å². The molecule has 0 aliphatic heterocycles. The number of aromatic nitrogens is 2. The number of aldehydes is 1. The van der Waals surface area contributed by atoms with E-state index in [1.165, 1.54) is 30.2 Å². The van der Waals surface area contributed by atoms with Crippen molar-refractivity contribution < 1.29 is 9.90 Å². The standard InChI is InChI=1S/C9H13N3O2.S22/c1-9(2,6-14)12-8-10-3-7(5-13)4-11-8;1-3-5-7-9-11-13-15-17-19-21-22-20-18-16-14-12-10-8-6-4-2/h3-5,14H,6H2,1-2H3,(H,10,11,12);. The molecule has 0 bridgehead atoms. The maximum Gasteiger partial charge on any atom is 0.223 e. The van der Waals surface area contributed by atoms with Crippen LogP contribution in [0.15, 0.2) is 12.4 Å². The first-order chi connectivity index (χ1) is 17.5. The smallest absolute Gasteiger partial charge is 0.223 e. The van der Waals surface area contributed by atoms with Crippen LogP contribution in [0.2, 0.25) is 0 Å². The molecule has 1 aromatic rings. The van der Waals surface area contributed by atoms with Crippen molar-refractivity contribution in [2.45, 2.75) is 19.4 Å². The molecule has 2 N–H and O–H groups in total. The molecule has 5 nitrogen and oxygen atoms in total. The maximum absolute atomic E-state index is 10.3. The number of aliphatic hydroxyl groups excluding tert-OH is 1. The van der Waals surface area contributed by atoms with Crippen LogP contribution >= 0.6 is 0 Å². The lowest BCUT2D eigenvalue weighted by molar-refractivity contribution is 0.112. The van der Waals surface area contributed by atoms with Crippen LogP contribution in [0, 0.1) is 0 Å². The van der Waals surface area contributed by atoms with Gasteiger partial charge in [0.05, 0.1) is 17.7 Å². The average Bonchev–Trinajstić information content (AvgIpc) is 2.88. The van der Waals surface area contributed by atoms with Gasteiger partial charge >= 0.3 is 0 Å². The molecule has 36 heavy (non-hydrogen) atoms. The molecule has 0 spiro atoms. The number of hydrogen-bond acceptors (Lipinski definition) is 7. The van der Waals surface area contributed by atoms with Crippen molar-refractivity contribution in [1.29, 1.82) is 0 Å². The van der Waals surface area contributed by atoms with Gasteiger partial charge < -0.3 is 10.4 Å². The molecule has 0 saturated heterocycles. The summed E-state index contributed by atoms with van der Waals surface area (Å²) < 4.78 is 0. The summed E-state index contributed by atoms with van der Waals surface area (Å²) in [5.74, 6) is 0.398. The molecule has 1 heterocycles. The minimum Gasteiger partial charge on any atom is -0.394 e. The number of hydrogen-bond donors (Lipinski definition) is 2. The number of nitrogens with one attached hydrogen (secondary N) is 1. The van der Waals surface area contributed by atoms with E-state index in [0.29, 0.717) is 17.8 Å². The lowest BCUT2D eigenvalue weighted by Crippen LogP contribution is -2.35. The number of aliphatic hydroxyl groups is 1. The quantitative estimate of drug-likeness (QED) is 0.426. The van der Waals surface area contributed by atoms with Crippen LogP contribution < -0.4 is 5.32 Å². The zero-order chi connectivity index (χ0) is 26.7. The van der Waals surface area contributed by atoms with E-state index >= 15 is 0 Å². The first kappa shape index (κ1) is 39.4. The average molecular weight is 901 g/mol. The molecule has 0 aliphatic rings. The van der Waals surface area contributed by atoms with Gasteiger partial charge in [0.2, 0.25) is 5.95 Å². The molecule has 0 radical (unpaired) electrons. The molecule has 1 rings (SSSR count). The van der Waals surface area contributed by atoms with Crippen molar-refractivity contribution >= 4 is 212 Å². The summed E-state index contributed by atoms with van der Waals surface area (Å²) in [6.45, 7) is 3.62. The number of carbonyl (C=O) groups excluding carboxylic acids is 1. The lowest BCUT2D eigenvalue weighted by atomic mass is 10.1. The van der Waals surface area contributed by atoms with Crippen LogP contribution in [-0.4, -0.2) is 33.5 Å². The molecular formula is C9H13N3O2S22. The molecule has 0 saturated carbocycles. The van der Waals surface area contributed by atoms with E-state index in [1.54, 1.807) is 160 Å². The highest BCUT2D eigenvalue weighted by Gasteiger charge is 2.16. The monoisotopic (exact) mass is 898 g/mol. The van der Waals surface area contributed by atoms with Gasteiger partial charge in [-0.05, 0) is 13.8 Å². The molecule has 0 amide bonds. The van der Waals surface area contributed by atoms with Gasteiger partial charge in [-0.3, -0.25) is 4.79 Å². The second-order valence-corrected chi connectivity index (χ2v) is 40.4. The van der Waals surface area contributed by atoms with Crippen molar-refractivity contribution in [2.75, 3.05) is 11.9 Å². The Labute approximate surface area is 276 Å². The van der Waals surface area contributed by atoms with Crippen LogP contribution in [0.4, 0.5) is 5.95 Å². The third-order valence-electron chi connectivity index (χ3n) is 2.18. The highest BCUT2D eigenvalue weighted by molar-refractivity contribution is 8.78. The number of anilines is 1. The summed E-state index contributed by atoms with van der Waals surface area (Å²) in [5, 5.41) is 11.9. The molecule has 1 aromatic heterocycles. The molecular weight excluding hydrogens is 888 g/mol. The minimum absolute atomic E-state index is 0.0220. The van der Waals surface area contributed by atoms with Gasteiger partial charge in [0.25, 0.3) is 0 Å². The fourth-order valence-electron chi connectivity index (χ4n) is 1.01. The van der Waals surface area contributed by atoms with Gasteiger partial charge in [-0.2, -0.15) is 0 Å². The first-order valence-electron chi connectivity index (χ1n) is 7.74. The van der Waals surface area contributed by atoms with Crippen molar-refractivity contribution in [3.05, 3.63) is 18.0 Å². The molecule has 0 unspecified atom stereocenters. The summed E-state index contributed by atoms with van der Waals surface area (Å²) in [7, 11) is 34.5. The number of rotatable bonds is 4. The first-order valence-corrected chi connectivity index (χ1v) is 35.7. The number of carbonyl (C=O) groups is 1. The molecule has 208 valence electrons. The molecule has 0 fully saturated rings. The van der Waals surface area contributed by atoms with Gasteiger partial charge in [0.1, 0.15) is 0 Å². The Morgan fingerprint density at radius 2 is 1.03 bits per heavy atom. The zero-order valence-corrected chi connectivity index (χ0v) is 35.1. The normalized spacial score (nSPS) is 8.86. The van der Waals surface area contributed by atoms with E-state index < -0.39 is 5.54 Å². The lowest BCUT2D eigenvalue weighted by Gasteiger charge is -2.23. The summed E-state index contributed by atoms with van der Waals surface area (Å²) in [6.07, 6.45) is 3.53. The Morgan fingerprint density at radius 1 is 0.722 bits per heavy atom. The number of nitrogens with zero attached hydrogens (tertiary/aromatic N) is 2. The Hall–Kier alpha value is 3.35. The largest absolute Gasteiger partial charge is 0.394 e. The SMILES string of the molecule is CC(C)(CO)Nc1ncc(C=O)cn1.S=S=S=S=S=S=S=S=S=S=S=S=S=S=S=S=S=S=S=S=S=S. The summed E-state index contributed by atoms with van der Waals surface area (Å²) >= 11 is 9.53. The molecule has 0 aromatic carbocycles. The summed E-state index contributed by atoms with van der Waals surface area (Å²) in [6, 6.07) is 0. The second-order valence-electron chi connectivity index (χ2n) is 4.99.